The monoisotopic (exact) mass is 378 g/mol. The summed E-state index contributed by atoms with van der Waals surface area (Å²) in [5.74, 6) is -1.47. The van der Waals surface area contributed by atoms with Crippen LogP contribution in [0.5, 0.6) is 5.75 Å². The Balaban J connectivity index is 2.68. The van der Waals surface area contributed by atoms with E-state index in [1.165, 1.54) is 13.1 Å². The molecule has 0 fully saturated rings. The number of carbonyl (C=O) groups is 3. The second-order valence-corrected chi connectivity index (χ2v) is 7.96. The van der Waals surface area contributed by atoms with Gasteiger partial charge in [0.1, 0.15) is 17.4 Å². The lowest BCUT2D eigenvalue weighted by Crippen LogP contribution is -2.44. The number of pyridine rings is 1. The summed E-state index contributed by atoms with van der Waals surface area (Å²) >= 11 is 0. The van der Waals surface area contributed by atoms with E-state index >= 15 is 0 Å². The molecule has 1 amide bonds. The van der Waals surface area contributed by atoms with Crippen molar-refractivity contribution in [1.29, 1.82) is 0 Å². The van der Waals surface area contributed by atoms with Crippen LogP contribution in [0.4, 0.5) is 0 Å². The summed E-state index contributed by atoms with van der Waals surface area (Å²) in [4.78, 5) is 40.7. The molecule has 0 aliphatic rings. The first-order valence-electron chi connectivity index (χ1n) is 9.12. The molecule has 0 saturated heterocycles. The normalized spacial score (nSPS) is 13.6. The van der Waals surface area contributed by atoms with Gasteiger partial charge in [-0.2, -0.15) is 0 Å². The van der Waals surface area contributed by atoms with Crippen molar-refractivity contribution in [1.82, 2.24) is 10.3 Å². The van der Waals surface area contributed by atoms with Crippen LogP contribution in [0.25, 0.3) is 0 Å². The molecule has 1 N–H and O–H groups in total. The number of amides is 1. The molecule has 7 nitrogen and oxygen atoms in total. The van der Waals surface area contributed by atoms with E-state index in [1.54, 1.807) is 39.1 Å². The van der Waals surface area contributed by atoms with Gasteiger partial charge >= 0.3 is 11.9 Å². The van der Waals surface area contributed by atoms with Crippen molar-refractivity contribution in [3.63, 3.8) is 0 Å². The number of aromatic nitrogens is 1. The summed E-state index contributed by atoms with van der Waals surface area (Å²) in [5, 5.41) is 2.63. The summed E-state index contributed by atoms with van der Waals surface area (Å²) < 4.78 is 10.5. The standard InChI is InChI=1S/C20H30N2O5/c1-13(2)10-15(11-17(23)27-20(4,5)6)18(24)22-14(3)19(25)26-16-8-7-9-21-12-16/h7-9,12-15H,10-11H2,1-6H3,(H,22,24)/t14-,15?/m0/s1. The smallest absolute Gasteiger partial charge is 0.333 e. The van der Waals surface area contributed by atoms with Crippen LogP contribution in [0.3, 0.4) is 0 Å². The van der Waals surface area contributed by atoms with Crippen molar-refractivity contribution in [2.75, 3.05) is 0 Å². The average molecular weight is 378 g/mol. The SMILES string of the molecule is CC(C)CC(CC(=O)OC(C)(C)C)C(=O)N[C@@H](C)C(=O)Oc1cccnc1. The zero-order chi connectivity index (χ0) is 20.6. The minimum Gasteiger partial charge on any atom is -0.460 e. The fraction of sp³-hybridized carbons (Fsp3) is 0.600. The van der Waals surface area contributed by atoms with Crippen LogP contribution in [0.15, 0.2) is 24.5 Å². The molecule has 1 aromatic heterocycles. The summed E-state index contributed by atoms with van der Waals surface area (Å²) in [7, 11) is 0. The molecule has 1 rings (SSSR count). The zero-order valence-corrected chi connectivity index (χ0v) is 16.9. The largest absolute Gasteiger partial charge is 0.460 e. The quantitative estimate of drug-likeness (QED) is 0.699. The Hall–Kier alpha value is -2.44. The van der Waals surface area contributed by atoms with Crippen LogP contribution in [0, 0.1) is 11.8 Å². The van der Waals surface area contributed by atoms with Crippen molar-refractivity contribution in [2.45, 2.75) is 66.0 Å². The molecule has 1 unspecified atom stereocenters. The Bertz CT molecular complexity index is 638. The maximum absolute atomic E-state index is 12.6. The topological polar surface area (TPSA) is 94.6 Å². The minimum atomic E-state index is -0.856. The third-order valence-corrected chi connectivity index (χ3v) is 3.52. The number of ether oxygens (including phenoxy) is 2. The van der Waals surface area contributed by atoms with Crippen LogP contribution >= 0.6 is 0 Å². The van der Waals surface area contributed by atoms with Crippen LogP contribution < -0.4 is 10.1 Å². The Morgan fingerprint density at radius 1 is 1.19 bits per heavy atom. The van der Waals surface area contributed by atoms with Gasteiger partial charge in [-0.25, -0.2) is 4.79 Å². The molecule has 0 saturated carbocycles. The summed E-state index contributed by atoms with van der Waals surface area (Å²) in [6.07, 6.45) is 3.45. The third kappa shape index (κ3) is 9.17. The van der Waals surface area contributed by atoms with Gasteiger partial charge in [0.25, 0.3) is 0 Å². The van der Waals surface area contributed by atoms with E-state index in [1.807, 2.05) is 13.8 Å². The van der Waals surface area contributed by atoms with Crippen LogP contribution in [-0.2, 0) is 19.1 Å². The number of hydrogen-bond acceptors (Lipinski definition) is 6. The molecule has 0 radical (unpaired) electrons. The van der Waals surface area contributed by atoms with E-state index in [0.717, 1.165) is 0 Å². The van der Waals surface area contributed by atoms with E-state index in [0.29, 0.717) is 12.2 Å². The first-order chi connectivity index (χ1) is 12.5. The molecule has 27 heavy (non-hydrogen) atoms. The van der Waals surface area contributed by atoms with Gasteiger partial charge in [-0.1, -0.05) is 13.8 Å². The highest BCUT2D eigenvalue weighted by Crippen LogP contribution is 2.19. The van der Waals surface area contributed by atoms with Gasteiger partial charge in [-0.3, -0.25) is 14.6 Å². The van der Waals surface area contributed by atoms with Gasteiger partial charge in [0.05, 0.1) is 12.6 Å². The Kier molecular flexibility index (Phi) is 8.40. The lowest BCUT2D eigenvalue weighted by atomic mass is 9.93. The van der Waals surface area contributed by atoms with Gasteiger partial charge in [-0.15, -0.1) is 0 Å². The van der Waals surface area contributed by atoms with Crippen molar-refractivity contribution >= 4 is 17.8 Å². The van der Waals surface area contributed by atoms with Crippen LogP contribution in [-0.4, -0.2) is 34.5 Å². The number of rotatable bonds is 8. The molecule has 1 heterocycles. The van der Waals surface area contributed by atoms with E-state index in [-0.39, 0.29) is 18.2 Å². The molecule has 0 aliphatic heterocycles. The molecule has 150 valence electrons. The minimum absolute atomic E-state index is 0.0361. The Morgan fingerprint density at radius 2 is 1.85 bits per heavy atom. The highest BCUT2D eigenvalue weighted by molar-refractivity contribution is 5.88. The second kappa shape index (κ2) is 10.0. The van der Waals surface area contributed by atoms with E-state index < -0.39 is 29.5 Å². The fourth-order valence-electron chi connectivity index (χ4n) is 2.44. The van der Waals surface area contributed by atoms with E-state index in [2.05, 4.69) is 10.3 Å². The number of hydrogen-bond donors (Lipinski definition) is 1. The molecule has 0 bridgehead atoms. The first-order valence-corrected chi connectivity index (χ1v) is 9.12. The summed E-state index contributed by atoms with van der Waals surface area (Å²) in [5.41, 5.74) is -0.614. The number of nitrogens with one attached hydrogen (secondary N) is 1. The molecule has 0 aliphatic carbocycles. The van der Waals surface area contributed by atoms with Gasteiger partial charge < -0.3 is 14.8 Å². The molecular weight excluding hydrogens is 348 g/mol. The van der Waals surface area contributed by atoms with E-state index in [4.69, 9.17) is 9.47 Å². The predicted octanol–water partition coefficient (Wildman–Crippen LogP) is 2.89. The molecular formula is C20H30N2O5. The van der Waals surface area contributed by atoms with E-state index in [9.17, 15) is 14.4 Å². The number of esters is 2. The predicted molar refractivity (Wildman–Crippen MR) is 101 cm³/mol. The molecule has 0 spiro atoms. The average Bonchev–Trinajstić information content (AvgIpc) is 2.52. The highest BCUT2D eigenvalue weighted by atomic mass is 16.6. The number of nitrogens with zero attached hydrogens (tertiary/aromatic N) is 1. The second-order valence-electron chi connectivity index (χ2n) is 7.96. The molecule has 2 atom stereocenters. The van der Waals surface area contributed by atoms with Crippen molar-refractivity contribution < 1.29 is 23.9 Å². The Labute approximate surface area is 160 Å². The van der Waals surface area contributed by atoms with Crippen molar-refractivity contribution in [3.8, 4) is 5.75 Å². The molecule has 7 heteroatoms. The van der Waals surface area contributed by atoms with Crippen LogP contribution in [0.2, 0.25) is 0 Å². The lowest BCUT2D eigenvalue weighted by Gasteiger charge is -2.23. The lowest BCUT2D eigenvalue weighted by molar-refractivity contribution is -0.157. The number of carbonyl (C=O) groups excluding carboxylic acids is 3. The maximum Gasteiger partial charge on any atom is 0.333 e. The van der Waals surface area contributed by atoms with Crippen molar-refractivity contribution in [3.05, 3.63) is 24.5 Å². The van der Waals surface area contributed by atoms with Crippen LogP contribution in [0.1, 0.15) is 54.4 Å². The third-order valence-electron chi connectivity index (χ3n) is 3.52. The van der Waals surface area contributed by atoms with Crippen molar-refractivity contribution in [2.24, 2.45) is 11.8 Å². The summed E-state index contributed by atoms with van der Waals surface area (Å²) in [6, 6.07) is 2.39. The molecule has 1 aromatic rings. The van der Waals surface area contributed by atoms with Gasteiger partial charge in [0.15, 0.2) is 0 Å². The van der Waals surface area contributed by atoms with Gasteiger partial charge in [-0.05, 0) is 52.2 Å². The fourth-order valence-corrected chi connectivity index (χ4v) is 2.44. The highest BCUT2D eigenvalue weighted by Gasteiger charge is 2.28. The summed E-state index contributed by atoms with van der Waals surface area (Å²) in [6.45, 7) is 10.8. The molecule has 0 aromatic carbocycles. The van der Waals surface area contributed by atoms with Gasteiger partial charge in [0.2, 0.25) is 5.91 Å². The maximum atomic E-state index is 12.6. The first kappa shape index (κ1) is 22.6. The zero-order valence-electron chi connectivity index (χ0n) is 16.9. The Morgan fingerprint density at radius 3 is 2.37 bits per heavy atom. The van der Waals surface area contributed by atoms with Gasteiger partial charge in [0, 0.05) is 12.1 Å².